The van der Waals surface area contributed by atoms with Crippen LogP contribution in [0.15, 0.2) is 48.7 Å². The Bertz CT molecular complexity index is 1200. The lowest BCUT2D eigenvalue weighted by atomic mass is 9.96. The van der Waals surface area contributed by atoms with Gasteiger partial charge in [-0.05, 0) is 86.4 Å². The van der Waals surface area contributed by atoms with E-state index in [1.54, 1.807) is 24.3 Å². The van der Waals surface area contributed by atoms with Gasteiger partial charge in [0, 0.05) is 67.1 Å². The van der Waals surface area contributed by atoms with Crippen molar-refractivity contribution < 1.29 is 14.3 Å². The molecule has 7 nitrogen and oxygen atoms in total. The summed E-state index contributed by atoms with van der Waals surface area (Å²) in [7, 11) is 0. The summed E-state index contributed by atoms with van der Waals surface area (Å²) < 4.78 is 7.60. The van der Waals surface area contributed by atoms with Crippen LogP contribution >= 0.6 is 11.6 Å². The van der Waals surface area contributed by atoms with Gasteiger partial charge in [-0.3, -0.25) is 14.3 Å². The SMILES string of the molecule is O=C(NCCCOCC1CC1)c1ccc2nn(CC3CCN(C(=O)c4ccc(Cl)cc4)CC3)cc2c1. The summed E-state index contributed by atoms with van der Waals surface area (Å²) in [6, 6.07) is 12.7. The van der Waals surface area contributed by atoms with Gasteiger partial charge in [0.25, 0.3) is 11.8 Å². The smallest absolute Gasteiger partial charge is 0.253 e. The number of aromatic nitrogens is 2. The molecule has 0 atom stereocenters. The van der Waals surface area contributed by atoms with E-state index in [0.29, 0.717) is 35.2 Å². The fourth-order valence-corrected chi connectivity index (χ4v) is 4.81. The molecule has 0 spiro atoms. The second-order valence-corrected chi connectivity index (χ2v) is 10.4. The molecule has 0 unspecified atom stereocenters. The third kappa shape index (κ3) is 6.45. The number of rotatable bonds is 10. The quantitative estimate of drug-likeness (QED) is 0.399. The van der Waals surface area contributed by atoms with E-state index >= 15 is 0 Å². The third-order valence-electron chi connectivity index (χ3n) is 7.05. The summed E-state index contributed by atoms with van der Waals surface area (Å²) >= 11 is 5.94. The molecule has 190 valence electrons. The van der Waals surface area contributed by atoms with Gasteiger partial charge in [-0.25, -0.2) is 0 Å². The zero-order valence-corrected chi connectivity index (χ0v) is 21.3. The minimum Gasteiger partial charge on any atom is -0.381 e. The Morgan fingerprint density at radius 3 is 2.50 bits per heavy atom. The first-order chi connectivity index (χ1) is 17.5. The second-order valence-electron chi connectivity index (χ2n) is 9.99. The number of ether oxygens (including phenoxy) is 1. The summed E-state index contributed by atoms with van der Waals surface area (Å²) in [6.45, 7) is 4.44. The Balaban J connectivity index is 1.09. The molecule has 1 aromatic heterocycles. The number of carbonyl (C=O) groups is 2. The molecule has 2 heterocycles. The van der Waals surface area contributed by atoms with E-state index < -0.39 is 0 Å². The summed E-state index contributed by atoms with van der Waals surface area (Å²) in [5.74, 6) is 1.22. The molecule has 5 rings (SSSR count). The molecule has 2 aromatic carbocycles. The molecular formula is C28H33ClN4O3. The standard InChI is InChI=1S/C28H33ClN4O3/c29-25-7-4-22(5-8-25)28(35)32-13-10-20(11-14-32)17-33-18-24-16-23(6-9-26(24)31-33)27(34)30-12-1-15-36-19-21-2-3-21/h4-9,16,18,20-21H,1-3,10-15,17,19H2,(H,30,34). The number of carbonyl (C=O) groups excluding carboxylic acids is 2. The van der Waals surface area contributed by atoms with Gasteiger partial charge in [0.15, 0.2) is 0 Å². The maximum atomic E-state index is 12.7. The van der Waals surface area contributed by atoms with E-state index in [1.165, 1.54) is 12.8 Å². The van der Waals surface area contributed by atoms with Crippen molar-refractivity contribution in [1.29, 1.82) is 0 Å². The van der Waals surface area contributed by atoms with Gasteiger partial charge in [0.05, 0.1) is 5.52 Å². The molecule has 36 heavy (non-hydrogen) atoms. The Morgan fingerprint density at radius 2 is 1.75 bits per heavy atom. The highest BCUT2D eigenvalue weighted by molar-refractivity contribution is 6.30. The van der Waals surface area contributed by atoms with Crippen LogP contribution in [0.1, 0.15) is 52.8 Å². The Morgan fingerprint density at radius 1 is 1.00 bits per heavy atom. The molecule has 0 bridgehead atoms. The van der Waals surface area contributed by atoms with Gasteiger partial charge in [-0.1, -0.05) is 11.6 Å². The number of nitrogens with zero attached hydrogens (tertiary/aromatic N) is 3. The van der Waals surface area contributed by atoms with Crippen LogP contribution in [0.4, 0.5) is 0 Å². The van der Waals surface area contributed by atoms with Crippen LogP contribution in [0, 0.1) is 11.8 Å². The van der Waals surface area contributed by atoms with Crippen molar-refractivity contribution in [3.8, 4) is 0 Å². The van der Waals surface area contributed by atoms with Crippen LogP contribution < -0.4 is 5.32 Å². The first-order valence-electron chi connectivity index (χ1n) is 12.9. The summed E-state index contributed by atoms with van der Waals surface area (Å²) in [4.78, 5) is 27.2. The van der Waals surface area contributed by atoms with Gasteiger partial charge in [-0.2, -0.15) is 5.10 Å². The third-order valence-corrected chi connectivity index (χ3v) is 7.31. The van der Waals surface area contributed by atoms with E-state index in [1.807, 2.05) is 34.0 Å². The zero-order valence-electron chi connectivity index (χ0n) is 20.5. The maximum Gasteiger partial charge on any atom is 0.253 e. The molecule has 8 heteroatoms. The number of piperidine rings is 1. The molecule has 1 saturated heterocycles. The van der Waals surface area contributed by atoms with Gasteiger partial charge < -0.3 is 15.0 Å². The number of hydrogen-bond donors (Lipinski definition) is 1. The average molecular weight is 509 g/mol. The molecule has 0 radical (unpaired) electrons. The van der Waals surface area contributed by atoms with Gasteiger partial charge in [-0.15, -0.1) is 0 Å². The molecule has 2 aliphatic rings. The molecule has 2 fully saturated rings. The van der Waals surface area contributed by atoms with E-state index in [2.05, 4.69) is 5.32 Å². The lowest BCUT2D eigenvalue weighted by Gasteiger charge is -2.32. The van der Waals surface area contributed by atoms with Crippen LogP contribution in [-0.4, -0.2) is 59.3 Å². The van der Waals surface area contributed by atoms with Crippen molar-refractivity contribution in [2.75, 3.05) is 32.8 Å². The minimum atomic E-state index is -0.0652. The largest absolute Gasteiger partial charge is 0.381 e. The topological polar surface area (TPSA) is 76.5 Å². The first kappa shape index (κ1) is 24.8. The fraction of sp³-hybridized carbons (Fsp3) is 0.464. The Kier molecular flexibility index (Phi) is 7.87. The Labute approximate surface area is 216 Å². The minimum absolute atomic E-state index is 0.0616. The van der Waals surface area contributed by atoms with Crippen molar-refractivity contribution in [2.24, 2.45) is 11.8 Å². The molecule has 1 N–H and O–H groups in total. The zero-order chi connectivity index (χ0) is 24.9. The molecule has 2 amide bonds. The lowest BCUT2D eigenvalue weighted by Crippen LogP contribution is -2.39. The number of amides is 2. The van der Waals surface area contributed by atoms with E-state index in [0.717, 1.165) is 62.3 Å². The Hall–Kier alpha value is -2.90. The van der Waals surface area contributed by atoms with Crippen LogP contribution in [0.25, 0.3) is 10.9 Å². The monoisotopic (exact) mass is 508 g/mol. The summed E-state index contributed by atoms with van der Waals surface area (Å²) in [5, 5.41) is 9.29. The normalized spacial score (nSPS) is 16.4. The maximum absolute atomic E-state index is 12.7. The highest BCUT2D eigenvalue weighted by atomic mass is 35.5. The molecule has 1 aliphatic heterocycles. The van der Waals surface area contributed by atoms with Crippen LogP contribution in [-0.2, 0) is 11.3 Å². The van der Waals surface area contributed by atoms with Crippen molar-refractivity contribution in [3.63, 3.8) is 0 Å². The number of benzene rings is 2. The number of nitrogens with one attached hydrogen (secondary N) is 1. The molecule has 1 saturated carbocycles. The predicted molar refractivity (Wildman–Crippen MR) is 140 cm³/mol. The van der Waals surface area contributed by atoms with Crippen molar-refractivity contribution >= 4 is 34.3 Å². The number of hydrogen-bond acceptors (Lipinski definition) is 4. The summed E-state index contributed by atoms with van der Waals surface area (Å²) in [5.41, 5.74) is 2.21. The highest BCUT2D eigenvalue weighted by Crippen LogP contribution is 2.28. The fourth-order valence-electron chi connectivity index (χ4n) is 4.68. The van der Waals surface area contributed by atoms with E-state index in [4.69, 9.17) is 21.4 Å². The van der Waals surface area contributed by atoms with Crippen molar-refractivity contribution in [2.45, 2.75) is 38.6 Å². The molecule has 1 aliphatic carbocycles. The first-order valence-corrected chi connectivity index (χ1v) is 13.3. The predicted octanol–water partition coefficient (Wildman–Crippen LogP) is 4.79. The van der Waals surface area contributed by atoms with E-state index in [9.17, 15) is 9.59 Å². The van der Waals surface area contributed by atoms with E-state index in [-0.39, 0.29) is 11.8 Å². The van der Waals surface area contributed by atoms with Gasteiger partial charge in [0.2, 0.25) is 0 Å². The highest BCUT2D eigenvalue weighted by Gasteiger charge is 2.24. The van der Waals surface area contributed by atoms with Crippen LogP contribution in [0.2, 0.25) is 5.02 Å². The van der Waals surface area contributed by atoms with Crippen LogP contribution in [0.3, 0.4) is 0 Å². The van der Waals surface area contributed by atoms with Crippen molar-refractivity contribution in [3.05, 3.63) is 64.8 Å². The van der Waals surface area contributed by atoms with Gasteiger partial charge >= 0.3 is 0 Å². The average Bonchev–Trinajstić information content (AvgIpc) is 3.63. The summed E-state index contributed by atoms with van der Waals surface area (Å²) in [6.07, 6.45) is 7.30. The van der Waals surface area contributed by atoms with Gasteiger partial charge in [0.1, 0.15) is 0 Å². The number of halogens is 1. The molecule has 3 aromatic rings. The lowest BCUT2D eigenvalue weighted by molar-refractivity contribution is 0.0681. The van der Waals surface area contributed by atoms with Crippen LogP contribution in [0.5, 0.6) is 0 Å². The molecular weight excluding hydrogens is 476 g/mol. The second kappa shape index (κ2) is 11.4. The number of fused-ring (bicyclic) bond motifs is 1. The van der Waals surface area contributed by atoms with Crippen molar-refractivity contribution in [1.82, 2.24) is 20.0 Å². The number of likely N-dealkylation sites (tertiary alicyclic amines) is 1.